The highest BCUT2D eigenvalue weighted by molar-refractivity contribution is 7.89. The number of sulfonamides is 1. The van der Waals surface area contributed by atoms with E-state index in [1.165, 1.54) is 0 Å². The van der Waals surface area contributed by atoms with Gasteiger partial charge >= 0.3 is 6.18 Å². The van der Waals surface area contributed by atoms with Crippen LogP contribution in [0.15, 0.2) is 0 Å². The molecule has 0 unspecified atom stereocenters. The number of rotatable bonds is 10. The Kier molecular flexibility index (Phi) is 8.97. The van der Waals surface area contributed by atoms with Crippen LogP contribution in [0.5, 0.6) is 0 Å². The molecule has 0 aromatic heterocycles. The number of halogens is 4. The molecule has 0 aliphatic carbocycles. The zero-order chi connectivity index (χ0) is 14.9. The summed E-state index contributed by atoms with van der Waals surface area (Å²) >= 11 is 5.37. The normalized spacial score (nSPS) is 13.2. The highest BCUT2D eigenvalue weighted by atomic mass is 35.5. The molecule has 0 atom stereocenters. The molecule has 0 spiro atoms. The summed E-state index contributed by atoms with van der Waals surface area (Å²) in [6.07, 6.45) is -4.20. The monoisotopic (exact) mass is 325 g/mol. The van der Waals surface area contributed by atoms with Crippen LogP contribution in [0, 0.1) is 0 Å². The molecule has 0 saturated heterocycles. The van der Waals surface area contributed by atoms with Gasteiger partial charge in [-0.05, 0) is 19.8 Å². The quantitative estimate of drug-likeness (QED) is 0.457. The first-order valence-corrected chi connectivity index (χ1v) is 8.05. The van der Waals surface area contributed by atoms with Gasteiger partial charge in [0.2, 0.25) is 10.0 Å². The van der Waals surface area contributed by atoms with Crippen molar-refractivity contribution in [1.82, 2.24) is 4.31 Å². The van der Waals surface area contributed by atoms with Crippen LogP contribution < -0.4 is 0 Å². The molecule has 0 aliphatic rings. The smallest absolute Gasteiger partial charge is 0.382 e. The van der Waals surface area contributed by atoms with Gasteiger partial charge < -0.3 is 4.74 Å². The standard InChI is InChI=1S/C10H19ClF3NO3S/c1-2-18-7-4-6-15(9-10(12,13)14)19(16,17)8-3-5-11/h2-9H2,1H3. The minimum absolute atomic E-state index is 0.0953. The molecular weight excluding hydrogens is 307 g/mol. The molecule has 0 bridgehead atoms. The molecule has 0 aromatic rings. The van der Waals surface area contributed by atoms with E-state index < -0.39 is 22.7 Å². The molecule has 116 valence electrons. The fraction of sp³-hybridized carbons (Fsp3) is 1.00. The van der Waals surface area contributed by atoms with Crippen molar-refractivity contribution in [3.8, 4) is 0 Å². The SMILES string of the molecule is CCOCCCN(CC(F)(F)F)S(=O)(=O)CCCCl. The zero-order valence-corrected chi connectivity index (χ0v) is 12.3. The first kappa shape index (κ1) is 18.9. The van der Waals surface area contributed by atoms with E-state index in [1.807, 2.05) is 0 Å². The zero-order valence-electron chi connectivity index (χ0n) is 10.7. The summed E-state index contributed by atoms with van der Waals surface area (Å²) < 4.78 is 66.1. The highest BCUT2D eigenvalue weighted by Crippen LogP contribution is 2.19. The Bertz CT molecular complexity index is 335. The van der Waals surface area contributed by atoms with Gasteiger partial charge in [-0.3, -0.25) is 0 Å². The van der Waals surface area contributed by atoms with Gasteiger partial charge in [-0.15, -0.1) is 11.6 Å². The number of ether oxygens (including phenoxy) is 1. The summed E-state index contributed by atoms with van der Waals surface area (Å²) in [6.45, 7) is 0.757. The summed E-state index contributed by atoms with van der Waals surface area (Å²) in [7, 11) is -3.93. The van der Waals surface area contributed by atoms with Crippen LogP contribution in [-0.4, -0.2) is 56.8 Å². The second-order valence-electron chi connectivity index (χ2n) is 3.86. The molecular formula is C10H19ClF3NO3S. The molecule has 0 rings (SSSR count). The molecule has 4 nitrogen and oxygen atoms in total. The van der Waals surface area contributed by atoms with Gasteiger partial charge in [-0.1, -0.05) is 0 Å². The van der Waals surface area contributed by atoms with Crippen molar-refractivity contribution >= 4 is 21.6 Å². The van der Waals surface area contributed by atoms with E-state index in [4.69, 9.17) is 16.3 Å². The van der Waals surface area contributed by atoms with Crippen molar-refractivity contribution in [2.45, 2.75) is 25.9 Å². The Morgan fingerprint density at radius 2 is 1.89 bits per heavy atom. The lowest BCUT2D eigenvalue weighted by Crippen LogP contribution is -2.41. The van der Waals surface area contributed by atoms with E-state index >= 15 is 0 Å². The Balaban J connectivity index is 4.56. The van der Waals surface area contributed by atoms with Crippen molar-refractivity contribution in [2.75, 3.05) is 37.9 Å². The second kappa shape index (κ2) is 8.99. The first-order valence-electron chi connectivity index (χ1n) is 5.91. The van der Waals surface area contributed by atoms with Crippen molar-refractivity contribution in [1.29, 1.82) is 0 Å². The van der Waals surface area contributed by atoms with E-state index in [-0.39, 0.29) is 37.6 Å². The van der Waals surface area contributed by atoms with Crippen LogP contribution in [0.2, 0.25) is 0 Å². The summed E-state index contributed by atoms with van der Waals surface area (Å²) in [5.74, 6) is -0.279. The lowest BCUT2D eigenvalue weighted by Gasteiger charge is -2.23. The topological polar surface area (TPSA) is 46.6 Å². The lowest BCUT2D eigenvalue weighted by atomic mass is 10.4. The summed E-state index contributed by atoms with van der Waals surface area (Å²) in [5.41, 5.74) is 0. The van der Waals surface area contributed by atoms with Gasteiger partial charge in [0.15, 0.2) is 0 Å². The van der Waals surface area contributed by atoms with E-state index in [0.29, 0.717) is 10.9 Å². The third-order valence-electron chi connectivity index (χ3n) is 2.19. The number of hydrogen-bond donors (Lipinski definition) is 0. The maximum Gasteiger partial charge on any atom is 0.402 e. The maximum atomic E-state index is 12.4. The summed E-state index contributed by atoms with van der Waals surface area (Å²) in [5, 5.41) is 0. The van der Waals surface area contributed by atoms with Gasteiger partial charge in [0.1, 0.15) is 6.54 Å². The molecule has 0 saturated carbocycles. The van der Waals surface area contributed by atoms with Crippen molar-refractivity contribution in [3.05, 3.63) is 0 Å². The van der Waals surface area contributed by atoms with E-state index in [9.17, 15) is 21.6 Å². The van der Waals surface area contributed by atoms with Gasteiger partial charge in [0.25, 0.3) is 0 Å². The van der Waals surface area contributed by atoms with Gasteiger partial charge in [-0.25, -0.2) is 8.42 Å². The Hall–Kier alpha value is -0.0500. The van der Waals surface area contributed by atoms with Crippen molar-refractivity contribution in [2.24, 2.45) is 0 Å². The van der Waals surface area contributed by atoms with Crippen LogP contribution in [-0.2, 0) is 14.8 Å². The maximum absolute atomic E-state index is 12.4. The molecule has 0 amide bonds. The third kappa shape index (κ3) is 9.48. The molecule has 19 heavy (non-hydrogen) atoms. The second-order valence-corrected chi connectivity index (χ2v) is 6.32. The molecule has 0 radical (unpaired) electrons. The van der Waals surface area contributed by atoms with Crippen molar-refractivity contribution < 1.29 is 26.3 Å². The van der Waals surface area contributed by atoms with E-state index in [1.54, 1.807) is 6.92 Å². The number of nitrogens with zero attached hydrogens (tertiary/aromatic N) is 1. The minimum atomic E-state index is -4.56. The van der Waals surface area contributed by atoms with Gasteiger partial charge in [-0.2, -0.15) is 17.5 Å². The molecule has 0 N–H and O–H groups in total. The van der Waals surface area contributed by atoms with Crippen LogP contribution in [0.4, 0.5) is 13.2 Å². The Labute approximate surface area is 116 Å². The van der Waals surface area contributed by atoms with E-state index in [0.717, 1.165) is 0 Å². The van der Waals surface area contributed by atoms with Crippen LogP contribution in [0.1, 0.15) is 19.8 Å². The minimum Gasteiger partial charge on any atom is -0.382 e. The predicted octanol–water partition coefficient (Wildman–Crippen LogP) is 2.24. The van der Waals surface area contributed by atoms with Crippen molar-refractivity contribution in [3.63, 3.8) is 0 Å². The summed E-state index contributed by atoms with van der Waals surface area (Å²) in [6, 6.07) is 0. The fourth-order valence-electron chi connectivity index (χ4n) is 1.37. The van der Waals surface area contributed by atoms with Crippen LogP contribution in [0.25, 0.3) is 0 Å². The number of alkyl halides is 4. The molecule has 0 aromatic carbocycles. The third-order valence-corrected chi connectivity index (χ3v) is 4.36. The van der Waals surface area contributed by atoms with Gasteiger partial charge in [0.05, 0.1) is 5.75 Å². The average Bonchev–Trinajstić information content (AvgIpc) is 2.29. The molecule has 0 aliphatic heterocycles. The Morgan fingerprint density at radius 3 is 2.37 bits per heavy atom. The Morgan fingerprint density at radius 1 is 1.26 bits per heavy atom. The molecule has 0 fully saturated rings. The molecule has 0 heterocycles. The summed E-state index contributed by atoms with van der Waals surface area (Å²) in [4.78, 5) is 0. The van der Waals surface area contributed by atoms with E-state index in [2.05, 4.69) is 0 Å². The first-order chi connectivity index (χ1) is 8.73. The van der Waals surface area contributed by atoms with Crippen LogP contribution in [0.3, 0.4) is 0 Å². The number of hydrogen-bond acceptors (Lipinski definition) is 3. The predicted molar refractivity (Wildman–Crippen MR) is 67.9 cm³/mol. The lowest BCUT2D eigenvalue weighted by molar-refractivity contribution is -0.136. The largest absolute Gasteiger partial charge is 0.402 e. The van der Waals surface area contributed by atoms with Crippen LogP contribution >= 0.6 is 11.6 Å². The molecule has 9 heteroatoms. The fourth-order valence-corrected chi connectivity index (χ4v) is 3.18. The van der Waals surface area contributed by atoms with Gasteiger partial charge in [0, 0.05) is 25.6 Å². The average molecular weight is 326 g/mol. The highest BCUT2D eigenvalue weighted by Gasteiger charge is 2.35.